The highest BCUT2D eigenvalue weighted by Gasteiger charge is 2.03. The van der Waals surface area contributed by atoms with E-state index in [4.69, 9.17) is 21.4 Å². The Kier molecular flexibility index (Phi) is 4.15. The summed E-state index contributed by atoms with van der Waals surface area (Å²) in [6.45, 7) is 0. The Labute approximate surface area is 58.5 Å². The standard InChI is InChI=1S/C4H8ClO3P/c5-3-1-2-4-9(6,7)8/h2,4H,1,3H2,(H2,6,7,8). The van der Waals surface area contributed by atoms with E-state index in [2.05, 4.69) is 0 Å². The summed E-state index contributed by atoms with van der Waals surface area (Å²) in [7, 11) is -3.93. The minimum absolute atomic E-state index is 0.385. The Morgan fingerprint density at radius 2 is 2.11 bits per heavy atom. The zero-order valence-corrected chi connectivity index (χ0v) is 6.35. The normalized spacial score (nSPS) is 12.8. The Balaban J connectivity index is 3.58. The smallest absolute Gasteiger partial charge is 0.321 e. The molecule has 0 aromatic rings. The maximum absolute atomic E-state index is 10.1. The van der Waals surface area contributed by atoms with Crippen molar-refractivity contribution in [2.24, 2.45) is 0 Å². The van der Waals surface area contributed by atoms with Gasteiger partial charge in [-0.1, -0.05) is 6.08 Å². The van der Waals surface area contributed by atoms with Crippen LogP contribution < -0.4 is 0 Å². The Bertz CT molecular complexity index is 139. The van der Waals surface area contributed by atoms with Gasteiger partial charge in [-0.25, -0.2) is 0 Å². The molecule has 9 heavy (non-hydrogen) atoms. The van der Waals surface area contributed by atoms with Crippen LogP contribution in [0.15, 0.2) is 11.9 Å². The highest BCUT2D eigenvalue weighted by molar-refractivity contribution is 7.55. The number of hydrogen-bond acceptors (Lipinski definition) is 1. The lowest BCUT2D eigenvalue weighted by Gasteiger charge is -1.91. The average molecular weight is 171 g/mol. The van der Waals surface area contributed by atoms with Gasteiger partial charge in [-0.05, 0) is 6.42 Å². The molecule has 0 aliphatic carbocycles. The van der Waals surface area contributed by atoms with Crippen LogP contribution in [0.3, 0.4) is 0 Å². The molecule has 0 aromatic heterocycles. The van der Waals surface area contributed by atoms with Crippen LogP contribution in [0, 0.1) is 0 Å². The van der Waals surface area contributed by atoms with Gasteiger partial charge in [0.25, 0.3) is 0 Å². The van der Waals surface area contributed by atoms with Crippen molar-refractivity contribution in [1.29, 1.82) is 0 Å². The SMILES string of the molecule is O=P(O)(O)C=CCCCl. The first-order valence-electron chi connectivity index (χ1n) is 2.35. The molecule has 5 heteroatoms. The molecule has 0 aliphatic heterocycles. The van der Waals surface area contributed by atoms with Gasteiger partial charge in [0, 0.05) is 11.7 Å². The maximum Gasteiger partial charge on any atom is 0.348 e. The van der Waals surface area contributed by atoms with Crippen molar-refractivity contribution in [1.82, 2.24) is 0 Å². The summed E-state index contributed by atoms with van der Waals surface area (Å²) in [5.41, 5.74) is 0. The van der Waals surface area contributed by atoms with Crippen molar-refractivity contribution in [2.75, 3.05) is 5.88 Å². The van der Waals surface area contributed by atoms with E-state index in [1.54, 1.807) is 0 Å². The van der Waals surface area contributed by atoms with Crippen molar-refractivity contribution in [2.45, 2.75) is 6.42 Å². The lowest BCUT2D eigenvalue weighted by molar-refractivity contribution is 0.386. The fourth-order valence-electron chi connectivity index (χ4n) is 0.275. The topological polar surface area (TPSA) is 57.5 Å². The highest BCUT2D eigenvalue weighted by atomic mass is 35.5. The molecule has 0 saturated carbocycles. The first-order valence-corrected chi connectivity index (χ1v) is 4.57. The van der Waals surface area contributed by atoms with Crippen molar-refractivity contribution < 1.29 is 14.4 Å². The predicted octanol–water partition coefficient (Wildman–Crippen LogP) is 1.31. The summed E-state index contributed by atoms with van der Waals surface area (Å²) in [5.74, 6) is 1.24. The summed E-state index contributed by atoms with van der Waals surface area (Å²) in [6.07, 6.45) is 1.86. The molecule has 0 rings (SSSR count). The average Bonchev–Trinajstić information content (AvgIpc) is 1.63. The van der Waals surface area contributed by atoms with Crippen LogP contribution in [0.1, 0.15) is 6.42 Å². The zero-order valence-electron chi connectivity index (χ0n) is 4.70. The van der Waals surface area contributed by atoms with E-state index >= 15 is 0 Å². The molecule has 3 nitrogen and oxygen atoms in total. The number of halogens is 1. The van der Waals surface area contributed by atoms with E-state index in [0.717, 1.165) is 5.82 Å². The summed E-state index contributed by atoms with van der Waals surface area (Å²) < 4.78 is 10.1. The van der Waals surface area contributed by atoms with Gasteiger partial charge >= 0.3 is 7.60 Å². The second kappa shape index (κ2) is 4.07. The quantitative estimate of drug-likeness (QED) is 0.496. The highest BCUT2D eigenvalue weighted by Crippen LogP contribution is 2.35. The molecule has 0 aromatic carbocycles. The molecule has 0 fully saturated rings. The van der Waals surface area contributed by atoms with E-state index in [9.17, 15) is 4.57 Å². The van der Waals surface area contributed by atoms with Crippen LogP contribution in [0.4, 0.5) is 0 Å². The first kappa shape index (κ1) is 9.18. The molecule has 0 saturated heterocycles. The third kappa shape index (κ3) is 8.18. The maximum atomic E-state index is 10.1. The van der Waals surface area contributed by atoms with Gasteiger partial charge in [0.2, 0.25) is 0 Å². The summed E-state index contributed by atoms with van der Waals surface area (Å²) in [4.78, 5) is 16.5. The summed E-state index contributed by atoms with van der Waals surface area (Å²) >= 11 is 5.23. The summed E-state index contributed by atoms with van der Waals surface area (Å²) in [5, 5.41) is 0. The summed E-state index contributed by atoms with van der Waals surface area (Å²) in [6, 6.07) is 0. The molecular formula is C4H8ClO3P. The van der Waals surface area contributed by atoms with Crippen LogP contribution in [0.5, 0.6) is 0 Å². The Morgan fingerprint density at radius 1 is 1.56 bits per heavy atom. The number of hydrogen-bond donors (Lipinski definition) is 2. The first-order chi connectivity index (χ1) is 4.06. The third-order valence-electron chi connectivity index (χ3n) is 0.575. The number of allylic oxidation sites excluding steroid dienone is 1. The van der Waals surface area contributed by atoms with E-state index in [1.807, 2.05) is 0 Å². The van der Waals surface area contributed by atoms with Crippen LogP contribution in [0.25, 0.3) is 0 Å². The van der Waals surface area contributed by atoms with Crippen LogP contribution in [-0.4, -0.2) is 15.7 Å². The van der Waals surface area contributed by atoms with Crippen LogP contribution in [0.2, 0.25) is 0 Å². The third-order valence-corrected chi connectivity index (χ3v) is 1.39. The lowest BCUT2D eigenvalue weighted by atomic mass is 10.5. The van der Waals surface area contributed by atoms with Gasteiger partial charge in [0.05, 0.1) is 0 Å². The van der Waals surface area contributed by atoms with Gasteiger partial charge in [-0.15, -0.1) is 11.6 Å². The molecule has 0 aliphatic rings. The second-order valence-corrected chi connectivity index (χ2v) is 3.31. The van der Waals surface area contributed by atoms with Gasteiger partial charge < -0.3 is 9.79 Å². The fraction of sp³-hybridized carbons (Fsp3) is 0.500. The van der Waals surface area contributed by atoms with Gasteiger partial charge in [-0.3, -0.25) is 4.57 Å². The zero-order chi connectivity index (χ0) is 7.33. The number of alkyl halides is 1. The molecule has 0 bridgehead atoms. The minimum atomic E-state index is -3.93. The molecule has 0 heterocycles. The van der Waals surface area contributed by atoms with Gasteiger partial charge in [0.15, 0.2) is 0 Å². The van der Waals surface area contributed by atoms with Gasteiger partial charge in [-0.2, -0.15) is 0 Å². The minimum Gasteiger partial charge on any atom is -0.321 e. The van der Waals surface area contributed by atoms with Crippen molar-refractivity contribution in [3.63, 3.8) is 0 Å². The monoisotopic (exact) mass is 170 g/mol. The number of rotatable bonds is 3. The molecule has 0 radical (unpaired) electrons. The molecule has 2 N–H and O–H groups in total. The Morgan fingerprint density at radius 3 is 2.44 bits per heavy atom. The van der Waals surface area contributed by atoms with Crippen molar-refractivity contribution >= 4 is 19.2 Å². The molecule has 54 valence electrons. The van der Waals surface area contributed by atoms with Crippen LogP contribution >= 0.6 is 19.2 Å². The van der Waals surface area contributed by atoms with Crippen LogP contribution in [-0.2, 0) is 4.57 Å². The molecule has 0 spiro atoms. The van der Waals surface area contributed by atoms with E-state index in [1.165, 1.54) is 6.08 Å². The lowest BCUT2D eigenvalue weighted by Crippen LogP contribution is -1.70. The van der Waals surface area contributed by atoms with E-state index < -0.39 is 7.60 Å². The van der Waals surface area contributed by atoms with Crippen molar-refractivity contribution in [3.8, 4) is 0 Å². The van der Waals surface area contributed by atoms with Crippen molar-refractivity contribution in [3.05, 3.63) is 11.9 Å². The largest absolute Gasteiger partial charge is 0.348 e. The Hall–Kier alpha value is 0.180. The fourth-order valence-corrected chi connectivity index (χ4v) is 0.825. The molecule has 0 atom stereocenters. The molecule has 0 amide bonds. The molecular weight excluding hydrogens is 162 g/mol. The van der Waals surface area contributed by atoms with E-state index in [-0.39, 0.29) is 0 Å². The predicted molar refractivity (Wildman–Crippen MR) is 36.5 cm³/mol. The van der Waals surface area contributed by atoms with Gasteiger partial charge in [0.1, 0.15) is 0 Å². The molecule has 0 unspecified atom stereocenters. The van der Waals surface area contributed by atoms with E-state index in [0.29, 0.717) is 12.3 Å². The second-order valence-electron chi connectivity index (χ2n) is 1.45.